The first kappa shape index (κ1) is 37.1. The lowest BCUT2D eigenvalue weighted by molar-refractivity contribution is -0.156. The summed E-state index contributed by atoms with van der Waals surface area (Å²) in [6.07, 6.45) is 7.04. The summed E-state index contributed by atoms with van der Waals surface area (Å²) in [5.41, 5.74) is 0.936. The molecule has 2 aromatic rings. The molecule has 272 valence electrons. The Balaban J connectivity index is 1.38. The van der Waals surface area contributed by atoms with Gasteiger partial charge in [-0.05, 0) is 79.4 Å². The number of likely N-dealkylation sites (tertiary alicyclic amines) is 1. The van der Waals surface area contributed by atoms with Gasteiger partial charge in [-0.25, -0.2) is 19.6 Å². The van der Waals surface area contributed by atoms with Gasteiger partial charge in [-0.3, -0.25) is 4.79 Å². The smallest absolute Gasteiger partial charge is 0.408 e. The van der Waals surface area contributed by atoms with Crippen molar-refractivity contribution in [1.29, 1.82) is 0 Å². The van der Waals surface area contributed by atoms with E-state index in [0.29, 0.717) is 40.2 Å². The maximum absolute atomic E-state index is 14.6. The zero-order valence-electron chi connectivity index (χ0n) is 30.6. The Morgan fingerprint density at radius 2 is 1.86 bits per heavy atom. The van der Waals surface area contributed by atoms with Crippen molar-refractivity contribution in [3.05, 3.63) is 43.1 Å². The summed E-state index contributed by atoms with van der Waals surface area (Å²) in [5.74, 6) is 1.09. The van der Waals surface area contributed by atoms with Crippen molar-refractivity contribution in [3.8, 4) is 11.6 Å². The van der Waals surface area contributed by atoms with E-state index in [-0.39, 0.29) is 31.1 Å². The topological polar surface area (TPSA) is 129 Å². The number of unbranched alkanes of at least 4 members (excludes halogenated alkanes) is 1. The second-order valence-corrected chi connectivity index (χ2v) is 15.6. The summed E-state index contributed by atoms with van der Waals surface area (Å²) in [5, 5.41) is 2.91. The van der Waals surface area contributed by atoms with Gasteiger partial charge in [-0.2, -0.15) is 0 Å². The average Bonchev–Trinajstić information content (AvgIpc) is 3.64. The second kappa shape index (κ2) is 15.4. The van der Waals surface area contributed by atoms with Crippen LogP contribution in [0.1, 0.15) is 79.3 Å². The number of allylic oxidation sites excluding steroid dienone is 1. The van der Waals surface area contributed by atoms with Crippen LogP contribution in [0.15, 0.2) is 37.4 Å². The Morgan fingerprint density at radius 1 is 1.10 bits per heavy atom. The van der Waals surface area contributed by atoms with Crippen LogP contribution in [0.5, 0.6) is 11.6 Å². The fraction of sp³-hybridized carbons (Fsp3) is 0.615. The molecule has 1 saturated heterocycles. The van der Waals surface area contributed by atoms with Gasteiger partial charge in [-0.15, -0.1) is 6.58 Å². The molecule has 11 heteroatoms. The van der Waals surface area contributed by atoms with Crippen LogP contribution < -0.4 is 14.8 Å². The highest BCUT2D eigenvalue weighted by Gasteiger charge is 2.55. The summed E-state index contributed by atoms with van der Waals surface area (Å²) in [6.45, 7) is 19.4. The molecular weight excluding hydrogens is 636 g/mol. The molecule has 1 N–H and O–H groups in total. The van der Waals surface area contributed by atoms with Crippen LogP contribution in [0.2, 0.25) is 0 Å². The van der Waals surface area contributed by atoms with Gasteiger partial charge in [0.25, 0.3) is 0 Å². The number of carbonyl (C=O) groups is 3. The Hall–Kier alpha value is -4.15. The van der Waals surface area contributed by atoms with Gasteiger partial charge in [0.15, 0.2) is 0 Å². The van der Waals surface area contributed by atoms with Crippen LogP contribution >= 0.6 is 0 Å². The lowest BCUT2D eigenvalue weighted by Crippen LogP contribution is -2.57. The number of nitrogens with zero attached hydrogens (tertiary/aromatic N) is 3. The molecule has 5 rings (SSSR count). The molecule has 2 amide bonds. The largest absolute Gasteiger partial charge is 0.497 e. The van der Waals surface area contributed by atoms with Crippen molar-refractivity contribution >= 4 is 35.1 Å². The molecule has 50 heavy (non-hydrogen) atoms. The predicted octanol–water partition coefficient (Wildman–Crippen LogP) is 6.60. The molecule has 3 aliphatic rings. The minimum Gasteiger partial charge on any atom is -0.497 e. The molecule has 1 aromatic carbocycles. The third-order valence-corrected chi connectivity index (χ3v) is 10.3. The number of hydrogen-bond acceptors (Lipinski definition) is 9. The predicted molar refractivity (Wildman–Crippen MR) is 191 cm³/mol. The highest BCUT2D eigenvalue weighted by atomic mass is 16.6. The normalized spacial score (nSPS) is 26.2. The molecule has 2 heterocycles. The molecule has 1 aliphatic heterocycles. The first-order valence-corrected chi connectivity index (χ1v) is 18.0. The summed E-state index contributed by atoms with van der Waals surface area (Å²) in [7, 11) is 1.58. The summed E-state index contributed by atoms with van der Waals surface area (Å²) in [4.78, 5) is 52.6. The number of benzene rings is 1. The molecule has 11 nitrogen and oxygen atoms in total. The number of alkyl carbamates (subject to hydrolysis) is 1. The molecule has 1 unspecified atom stereocenters. The minimum absolute atomic E-state index is 0.0660. The van der Waals surface area contributed by atoms with Crippen molar-refractivity contribution < 1.29 is 33.3 Å². The van der Waals surface area contributed by atoms with Crippen molar-refractivity contribution in [2.45, 2.75) is 97.9 Å². The Morgan fingerprint density at radius 3 is 2.52 bits per heavy atom. The quantitative estimate of drug-likeness (QED) is 0.133. The third-order valence-electron chi connectivity index (χ3n) is 10.3. The van der Waals surface area contributed by atoms with Crippen molar-refractivity contribution in [3.63, 3.8) is 0 Å². The fourth-order valence-corrected chi connectivity index (χ4v) is 7.48. The van der Waals surface area contributed by atoms with E-state index in [1.807, 2.05) is 47.6 Å². The zero-order valence-corrected chi connectivity index (χ0v) is 30.6. The monoisotopic (exact) mass is 690 g/mol. The van der Waals surface area contributed by atoms with Crippen LogP contribution in [0.4, 0.5) is 4.79 Å². The average molecular weight is 691 g/mol. The van der Waals surface area contributed by atoms with Crippen LogP contribution in [0, 0.1) is 35.0 Å². The Labute approximate surface area is 296 Å². The number of amides is 2. The molecule has 2 aliphatic carbocycles. The number of nitrogens with one attached hydrogen (secondary N) is 1. The maximum atomic E-state index is 14.6. The summed E-state index contributed by atoms with van der Waals surface area (Å²) >= 11 is 0. The lowest BCUT2D eigenvalue weighted by Gasteiger charge is -2.35. The second-order valence-electron chi connectivity index (χ2n) is 15.6. The number of aromatic nitrogens is 2. The van der Waals surface area contributed by atoms with Crippen molar-refractivity contribution in [1.82, 2.24) is 20.2 Å². The first-order chi connectivity index (χ1) is 23.7. The molecule has 0 radical (unpaired) electrons. The number of ether oxygens (including phenoxy) is 4. The highest BCUT2D eigenvalue weighted by molar-refractivity contribution is 5.91. The zero-order chi connectivity index (χ0) is 36.3. The van der Waals surface area contributed by atoms with Crippen LogP contribution in [-0.2, 0) is 19.1 Å². The van der Waals surface area contributed by atoms with E-state index < -0.39 is 47.5 Å². The van der Waals surface area contributed by atoms with Crippen LogP contribution in [-0.4, -0.2) is 77.4 Å². The fourth-order valence-electron chi connectivity index (χ4n) is 7.48. The standard InChI is InChI=1S/C39H54N4O7/c1-10-12-13-14-26-27-17-24(27)18-31(26)50-38(46)42-34(39(6,7)8)36(44)43-20-32(23(5)33(43)37(45)48-21-22(3)4)49-35-28(11-2)40-29-16-15-25(47-9)19-30(29)41-35/h10-11,15-16,19,22-24,26-27,31-34H,1-2,12-14,17-18,20-21H2,3-9H3,(H,42,46)/t23-,24-,26+,27?,31+,32+,33+,34-/m1/s1. The number of methoxy groups -OCH3 is 1. The van der Waals surface area contributed by atoms with E-state index in [0.717, 1.165) is 25.7 Å². The van der Waals surface area contributed by atoms with Gasteiger partial charge >= 0.3 is 12.1 Å². The van der Waals surface area contributed by atoms with E-state index in [1.165, 1.54) is 11.3 Å². The first-order valence-electron chi connectivity index (χ1n) is 18.0. The van der Waals surface area contributed by atoms with E-state index in [2.05, 4.69) is 23.5 Å². The minimum atomic E-state index is -0.979. The van der Waals surface area contributed by atoms with Gasteiger partial charge in [0.2, 0.25) is 11.8 Å². The van der Waals surface area contributed by atoms with Crippen molar-refractivity contribution in [2.24, 2.45) is 35.0 Å². The lowest BCUT2D eigenvalue weighted by atomic mass is 9.85. The summed E-state index contributed by atoms with van der Waals surface area (Å²) < 4.78 is 23.6. The van der Waals surface area contributed by atoms with Gasteiger partial charge in [0.1, 0.15) is 35.7 Å². The van der Waals surface area contributed by atoms with E-state index in [1.54, 1.807) is 31.4 Å². The molecule has 2 saturated carbocycles. The Kier molecular flexibility index (Phi) is 11.4. The highest BCUT2D eigenvalue weighted by Crippen LogP contribution is 2.57. The maximum Gasteiger partial charge on any atom is 0.408 e. The molecular formula is C39H54N4O7. The molecule has 0 bridgehead atoms. The third kappa shape index (κ3) is 8.24. The number of esters is 1. The molecule has 1 aromatic heterocycles. The number of rotatable bonds is 14. The van der Waals surface area contributed by atoms with Gasteiger partial charge in [0.05, 0.1) is 31.3 Å². The SMILES string of the molecule is C=CCCC[C@H]1C2C[C@@H]2C[C@@H]1OC(=O)N[C@H](C(=O)N1C[C@H](Oc2nc3cc(OC)ccc3nc2C=C)[C@@H](C)[C@H]1C(=O)OCC(C)C)C(C)(C)C. The molecule has 8 atom stereocenters. The Bertz CT molecular complexity index is 1590. The van der Waals surface area contributed by atoms with Gasteiger partial charge in [0, 0.05) is 12.0 Å². The van der Waals surface area contributed by atoms with E-state index >= 15 is 0 Å². The molecule has 3 fully saturated rings. The van der Waals surface area contributed by atoms with Gasteiger partial charge < -0.3 is 29.2 Å². The number of carbonyl (C=O) groups excluding carboxylic acids is 3. The molecule has 0 spiro atoms. The van der Waals surface area contributed by atoms with E-state index in [9.17, 15) is 14.4 Å². The number of fused-ring (bicyclic) bond motifs is 2. The van der Waals surface area contributed by atoms with Gasteiger partial charge in [-0.1, -0.05) is 54.2 Å². The van der Waals surface area contributed by atoms with Crippen LogP contribution in [0.25, 0.3) is 17.1 Å². The van der Waals surface area contributed by atoms with Crippen LogP contribution in [0.3, 0.4) is 0 Å². The van der Waals surface area contributed by atoms with E-state index in [4.69, 9.17) is 23.9 Å². The summed E-state index contributed by atoms with van der Waals surface area (Å²) in [6, 6.07) is 3.44. The van der Waals surface area contributed by atoms with Crippen molar-refractivity contribution in [2.75, 3.05) is 20.3 Å². The number of hydrogen-bond donors (Lipinski definition) is 1.